The fourth-order valence-electron chi connectivity index (χ4n) is 9.11. The molecule has 2 heterocycles. The molecular weight excluding hydrogens is 596 g/mol. The van der Waals surface area contributed by atoms with Gasteiger partial charge in [0.1, 0.15) is 17.4 Å². The maximum atomic E-state index is 14.9. The van der Waals surface area contributed by atoms with E-state index < -0.39 is 5.54 Å². The van der Waals surface area contributed by atoms with Gasteiger partial charge in [0.25, 0.3) is 0 Å². The van der Waals surface area contributed by atoms with Crippen LogP contribution in [0.5, 0.6) is 5.75 Å². The largest absolute Gasteiger partial charge is 0.496 e. The lowest BCUT2D eigenvalue weighted by Gasteiger charge is -2.36. The zero-order chi connectivity index (χ0) is 33.0. The van der Waals surface area contributed by atoms with Gasteiger partial charge in [0.2, 0.25) is 5.91 Å². The first-order chi connectivity index (χ1) is 23.7. The molecule has 2 N–H and O–H groups in total. The molecule has 4 aliphatic rings. The molecular formula is C41H62N4O3. The third kappa shape index (κ3) is 9.01. The third-order valence-electron chi connectivity index (χ3n) is 11.8. The Morgan fingerprint density at radius 3 is 2.02 bits per heavy atom. The average Bonchev–Trinajstić information content (AvgIpc) is 3.75. The number of hydrogen-bond acceptors (Lipinski definition) is 6. The van der Waals surface area contributed by atoms with Gasteiger partial charge >= 0.3 is 0 Å². The number of rotatable bonds is 8. The molecule has 2 aliphatic heterocycles. The quantitative estimate of drug-likeness (QED) is 0.296. The molecule has 3 unspecified atom stereocenters. The van der Waals surface area contributed by atoms with Crippen LogP contribution in [0.3, 0.4) is 0 Å². The van der Waals surface area contributed by atoms with Crippen molar-refractivity contribution >= 4 is 5.91 Å². The standard InChI is InChI=1S/C41H62N4O3/c1-47-38-28-20-19-27-37(38)39-29-41(43-48-39,34-23-15-8-6-7-9-16-24-34)40(46)42-35-31-44(30-33-21-13-12-14-22-33)45(32-35)36-25-17-10-4-2-3-5-11-18-26-36/h12-14,19-22,27-28,34-36,39,43H,2-11,15-18,23-26,29-32H2,1H3,(H,42,46). The van der Waals surface area contributed by atoms with Gasteiger partial charge in [-0.15, -0.1) is 0 Å². The number of carbonyl (C=O) groups excluding carboxylic acids is 1. The Bertz CT molecular complexity index is 1240. The molecule has 2 saturated heterocycles. The fourth-order valence-corrected chi connectivity index (χ4v) is 9.11. The number of amides is 1. The maximum absolute atomic E-state index is 14.9. The van der Waals surface area contributed by atoms with E-state index in [2.05, 4.69) is 57.2 Å². The second-order valence-electron chi connectivity index (χ2n) is 15.2. The molecule has 0 spiro atoms. The number of hydrazine groups is 1. The van der Waals surface area contributed by atoms with Crippen LogP contribution in [0.25, 0.3) is 0 Å². The Labute approximate surface area is 290 Å². The first kappa shape index (κ1) is 35.4. The molecule has 0 aromatic heterocycles. The van der Waals surface area contributed by atoms with Crippen molar-refractivity contribution in [1.82, 2.24) is 20.8 Å². The van der Waals surface area contributed by atoms with Crippen LogP contribution in [-0.4, -0.2) is 53.7 Å². The normalized spacial score (nSPS) is 28.2. The van der Waals surface area contributed by atoms with Crippen LogP contribution in [0.15, 0.2) is 54.6 Å². The maximum Gasteiger partial charge on any atom is 0.243 e. The molecule has 6 rings (SSSR count). The van der Waals surface area contributed by atoms with E-state index in [4.69, 9.17) is 9.57 Å². The highest BCUT2D eigenvalue weighted by Gasteiger charge is 2.53. The van der Waals surface area contributed by atoms with E-state index in [1.165, 1.54) is 108 Å². The third-order valence-corrected chi connectivity index (χ3v) is 11.8. The molecule has 2 aromatic carbocycles. The summed E-state index contributed by atoms with van der Waals surface area (Å²) in [5.41, 5.74) is 5.03. The number of nitrogens with one attached hydrogen (secondary N) is 2. The first-order valence-electron chi connectivity index (χ1n) is 19.6. The second-order valence-corrected chi connectivity index (χ2v) is 15.2. The summed E-state index contributed by atoms with van der Waals surface area (Å²) in [6.45, 7) is 2.60. The summed E-state index contributed by atoms with van der Waals surface area (Å²) in [5, 5.41) is 8.89. The summed E-state index contributed by atoms with van der Waals surface area (Å²) in [6, 6.07) is 19.6. The van der Waals surface area contributed by atoms with Crippen LogP contribution in [0, 0.1) is 5.92 Å². The van der Waals surface area contributed by atoms with Gasteiger partial charge in [0.15, 0.2) is 0 Å². The summed E-state index contributed by atoms with van der Waals surface area (Å²) in [4.78, 5) is 21.3. The first-order valence-corrected chi connectivity index (χ1v) is 19.6. The molecule has 7 nitrogen and oxygen atoms in total. The van der Waals surface area contributed by atoms with Crippen molar-refractivity contribution in [3.63, 3.8) is 0 Å². The Kier molecular flexibility index (Phi) is 13.3. The van der Waals surface area contributed by atoms with E-state index in [0.29, 0.717) is 12.5 Å². The number of nitrogens with zero attached hydrogens (tertiary/aromatic N) is 2. The van der Waals surface area contributed by atoms with Crippen LogP contribution in [0.1, 0.15) is 139 Å². The van der Waals surface area contributed by atoms with Crippen LogP contribution >= 0.6 is 0 Å². The number of benzene rings is 2. The monoisotopic (exact) mass is 658 g/mol. The Morgan fingerprint density at radius 1 is 0.792 bits per heavy atom. The highest BCUT2D eigenvalue weighted by atomic mass is 16.7. The average molecular weight is 659 g/mol. The molecule has 7 heteroatoms. The molecule has 2 aliphatic carbocycles. The molecule has 48 heavy (non-hydrogen) atoms. The van der Waals surface area contributed by atoms with Crippen molar-refractivity contribution in [3.8, 4) is 5.75 Å². The molecule has 2 saturated carbocycles. The van der Waals surface area contributed by atoms with Crippen LogP contribution < -0.4 is 15.5 Å². The molecule has 2 aromatic rings. The van der Waals surface area contributed by atoms with E-state index in [9.17, 15) is 4.79 Å². The van der Waals surface area contributed by atoms with Crippen molar-refractivity contribution in [2.75, 3.05) is 20.2 Å². The molecule has 0 radical (unpaired) electrons. The SMILES string of the molecule is COc1ccccc1C1CC(C(=O)NC2CN(Cc3ccccc3)N(C3CCCCCCCCCC3)C2)(C2CCCCCCCC2)NO1. The summed E-state index contributed by atoms with van der Waals surface area (Å²) < 4.78 is 5.74. The fraction of sp³-hybridized carbons (Fsp3) is 0.683. The zero-order valence-corrected chi connectivity index (χ0v) is 29.7. The number of hydrogen-bond donors (Lipinski definition) is 2. The topological polar surface area (TPSA) is 66.1 Å². The van der Waals surface area contributed by atoms with E-state index >= 15 is 0 Å². The van der Waals surface area contributed by atoms with Crippen molar-refractivity contribution in [2.45, 2.75) is 152 Å². The van der Waals surface area contributed by atoms with Crippen molar-refractivity contribution in [3.05, 3.63) is 65.7 Å². The number of methoxy groups -OCH3 is 1. The predicted octanol–water partition coefficient (Wildman–Crippen LogP) is 8.65. The van der Waals surface area contributed by atoms with Crippen LogP contribution in [-0.2, 0) is 16.2 Å². The molecule has 264 valence electrons. The number of carbonyl (C=O) groups is 1. The van der Waals surface area contributed by atoms with Gasteiger partial charge in [-0.2, -0.15) is 5.48 Å². The molecule has 4 fully saturated rings. The van der Waals surface area contributed by atoms with E-state index in [-0.39, 0.29) is 24.0 Å². The highest BCUT2D eigenvalue weighted by Crippen LogP contribution is 2.44. The van der Waals surface area contributed by atoms with Gasteiger partial charge in [-0.3, -0.25) is 9.63 Å². The Balaban J connectivity index is 1.23. The summed E-state index contributed by atoms with van der Waals surface area (Å²) >= 11 is 0. The van der Waals surface area contributed by atoms with E-state index in [1.54, 1.807) is 7.11 Å². The highest BCUT2D eigenvalue weighted by molar-refractivity contribution is 5.87. The Hall–Kier alpha value is -2.45. The van der Waals surface area contributed by atoms with Gasteiger partial charge in [-0.1, -0.05) is 138 Å². The van der Waals surface area contributed by atoms with Gasteiger partial charge in [-0.25, -0.2) is 10.0 Å². The minimum Gasteiger partial charge on any atom is -0.496 e. The lowest BCUT2D eigenvalue weighted by atomic mass is 9.74. The molecule has 0 bridgehead atoms. The summed E-state index contributed by atoms with van der Waals surface area (Å²) in [6.07, 6.45) is 23.2. The van der Waals surface area contributed by atoms with Gasteiger partial charge in [-0.05, 0) is 43.2 Å². The molecule has 1 amide bonds. The Morgan fingerprint density at radius 2 is 1.38 bits per heavy atom. The van der Waals surface area contributed by atoms with E-state index in [1.807, 2.05) is 18.2 Å². The van der Waals surface area contributed by atoms with Crippen molar-refractivity contribution in [1.29, 1.82) is 0 Å². The van der Waals surface area contributed by atoms with Crippen LogP contribution in [0.4, 0.5) is 0 Å². The number of para-hydroxylation sites is 1. The van der Waals surface area contributed by atoms with Crippen LogP contribution in [0.2, 0.25) is 0 Å². The van der Waals surface area contributed by atoms with Gasteiger partial charge < -0.3 is 10.1 Å². The summed E-state index contributed by atoms with van der Waals surface area (Å²) in [5.74, 6) is 1.17. The second kappa shape index (κ2) is 18.0. The van der Waals surface area contributed by atoms with E-state index in [0.717, 1.165) is 43.8 Å². The summed E-state index contributed by atoms with van der Waals surface area (Å²) in [7, 11) is 1.72. The lowest BCUT2D eigenvalue weighted by Crippen LogP contribution is -2.60. The minimum absolute atomic E-state index is 0.0692. The molecule has 3 atom stereocenters. The predicted molar refractivity (Wildman–Crippen MR) is 193 cm³/mol. The number of hydroxylamine groups is 1. The minimum atomic E-state index is -0.762. The van der Waals surface area contributed by atoms with Gasteiger partial charge in [0, 0.05) is 37.7 Å². The number of ether oxygens (including phenoxy) is 1. The van der Waals surface area contributed by atoms with Gasteiger partial charge in [0.05, 0.1) is 13.2 Å². The van der Waals surface area contributed by atoms with Crippen molar-refractivity contribution in [2.24, 2.45) is 5.92 Å². The smallest absolute Gasteiger partial charge is 0.243 e. The zero-order valence-electron chi connectivity index (χ0n) is 29.7. The van der Waals surface area contributed by atoms with Crippen molar-refractivity contribution < 1.29 is 14.4 Å². The lowest BCUT2D eigenvalue weighted by molar-refractivity contribution is -0.133.